The van der Waals surface area contributed by atoms with Crippen LogP contribution in [0.1, 0.15) is 12.8 Å². The largest absolute Gasteiger partial charge is 0.473 e. The zero-order valence-corrected chi connectivity index (χ0v) is 16.6. The van der Waals surface area contributed by atoms with E-state index in [1.54, 1.807) is 35.3 Å². The second-order valence-electron chi connectivity index (χ2n) is 6.66. The fourth-order valence-corrected chi connectivity index (χ4v) is 4.68. The Kier molecular flexibility index (Phi) is 5.42. The lowest BCUT2D eigenvalue weighted by Crippen LogP contribution is -2.41. The Hall–Kier alpha value is -3.38. The Morgan fingerprint density at radius 2 is 1.90 bits per heavy atom. The lowest BCUT2D eigenvalue weighted by molar-refractivity contribution is -0.385. The summed E-state index contributed by atoms with van der Waals surface area (Å²) in [5.74, 6) is 0.913. The summed E-state index contributed by atoms with van der Waals surface area (Å²) in [6.07, 6.45) is 4.13. The standard InChI is InChI=1S/C18H18N6O5S/c25-24(26)14-3-1-4-16(13-14)30(27,28)22-11-7-15(8-12-22)29-18-6-5-17(20-21-18)23-10-2-9-19-23/h1-6,9-10,13,15H,7-8,11-12H2. The smallest absolute Gasteiger partial charge is 0.270 e. The van der Waals surface area contributed by atoms with Crippen LogP contribution in [-0.4, -0.2) is 56.8 Å². The van der Waals surface area contributed by atoms with Gasteiger partial charge in [-0.3, -0.25) is 10.1 Å². The van der Waals surface area contributed by atoms with Crippen LogP contribution in [0.15, 0.2) is 59.8 Å². The highest BCUT2D eigenvalue weighted by molar-refractivity contribution is 7.89. The third-order valence-electron chi connectivity index (χ3n) is 4.72. The van der Waals surface area contributed by atoms with Gasteiger partial charge in [-0.15, -0.1) is 10.2 Å². The molecule has 4 rings (SSSR count). The molecule has 11 nitrogen and oxygen atoms in total. The molecular weight excluding hydrogens is 412 g/mol. The highest BCUT2D eigenvalue weighted by atomic mass is 32.2. The van der Waals surface area contributed by atoms with Gasteiger partial charge in [0.15, 0.2) is 5.82 Å². The lowest BCUT2D eigenvalue weighted by atomic mass is 10.1. The molecule has 30 heavy (non-hydrogen) atoms. The average molecular weight is 430 g/mol. The SMILES string of the molecule is O=[N+]([O-])c1cccc(S(=O)(=O)N2CCC(Oc3ccc(-n4cccn4)nn3)CC2)c1. The Labute approximate surface area is 172 Å². The number of nitrogens with zero attached hydrogens (tertiary/aromatic N) is 6. The van der Waals surface area contributed by atoms with Crippen molar-refractivity contribution in [2.75, 3.05) is 13.1 Å². The molecule has 0 unspecified atom stereocenters. The summed E-state index contributed by atoms with van der Waals surface area (Å²) < 4.78 is 34.3. The van der Waals surface area contributed by atoms with E-state index in [1.807, 2.05) is 0 Å². The summed E-state index contributed by atoms with van der Waals surface area (Å²) in [7, 11) is -3.81. The van der Waals surface area contributed by atoms with Crippen molar-refractivity contribution >= 4 is 15.7 Å². The van der Waals surface area contributed by atoms with E-state index >= 15 is 0 Å². The van der Waals surface area contributed by atoms with Crippen molar-refractivity contribution in [1.82, 2.24) is 24.3 Å². The van der Waals surface area contributed by atoms with Crippen molar-refractivity contribution in [2.45, 2.75) is 23.8 Å². The van der Waals surface area contributed by atoms with Crippen LogP contribution < -0.4 is 4.74 Å². The number of nitro groups is 1. The fourth-order valence-electron chi connectivity index (χ4n) is 3.17. The number of sulfonamides is 1. The number of rotatable bonds is 6. The van der Waals surface area contributed by atoms with Gasteiger partial charge < -0.3 is 4.74 Å². The number of piperidine rings is 1. The van der Waals surface area contributed by atoms with Gasteiger partial charge >= 0.3 is 0 Å². The molecule has 0 spiro atoms. The van der Waals surface area contributed by atoms with E-state index in [0.29, 0.717) is 24.5 Å². The van der Waals surface area contributed by atoms with Crippen LogP contribution in [0.4, 0.5) is 5.69 Å². The Balaban J connectivity index is 1.38. The molecule has 156 valence electrons. The number of benzene rings is 1. The molecule has 0 N–H and O–H groups in total. The third kappa shape index (κ3) is 4.14. The summed E-state index contributed by atoms with van der Waals surface area (Å²) >= 11 is 0. The zero-order chi connectivity index (χ0) is 21.1. The van der Waals surface area contributed by atoms with Gasteiger partial charge in [-0.2, -0.15) is 9.40 Å². The molecular formula is C18H18N6O5S. The van der Waals surface area contributed by atoms with Crippen LogP contribution in [0.3, 0.4) is 0 Å². The molecule has 1 fully saturated rings. The van der Waals surface area contributed by atoms with E-state index in [-0.39, 0.29) is 29.8 Å². The first-order valence-electron chi connectivity index (χ1n) is 9.18. The molecule has 1 aliphatic rings. The van der Waals surface area contributed by atoms with Gasteiger partial charge in [-0.1, -0.05) is 6.07 Å². The quantitative estimate of drug-likeness (QED) is 0.427. The summed E-state index contributed by atoms with van der Waals surface area (Å²) in [6, 6.07) is 10.3. The second-order valence-corrected chi connectivity index (χ2v) is 8.59. The van der Waals surface area contributed by atoms with E-state index in [0.717, 1.165) is 6.07 Å². The molecule has 0 radical (unpaired) electrons. The topological polar surface area (TPSA) is 133 Å². The maximum atomic E-state index is 12.8. The minimum atomic E-state index is -3.81. The van der Waals surface area contributed by atoms with Gasteiger partial charge in [0.1, 0.15) is 6.10 Å². The maximum absolute atomic E-state index is 12.8. The highest BCUT2D eigenvalue weighted by Gasteiger charge is 2.31. The predicted molar refractivity (Wildman–Crippen MR) is 105 cm³/mol. The molecule has 0 saturated carbocycles. The summed E-state index contributed by atoms with van der Waals surface area (Å²) in [4.78, 5) is 10.2. The first kappa shape index (κ1) is 19.9. The molecule has 3 aromatic rings. The molecule has 1 aliphatic heterocycles. The number of hydrogen-bond acceptors (Lipinski definition) is 8. The third-order valence-corrected chi connectivity index (χ3v) is 6.61. The van der Waals surface area contributed by atoms with E-state index in [1.165, 1.54) is 22.5 Å². The predicted octanol–water partition coefficient (Wildman–Crippen LogP) is 1.80. The molecule has 0 aliphatic carbocycles. The minimum absolute atomic E-state index is 0.0869. The van der Waals surface area contributed by atoms with E-state index in [9.17, 15) is 18.5 Å². The van der Waals surface area contributed by atoms with Crippen LogP contribution in [-0.2, 0) is 10.0 Å². The zero-order valence-electron chi connectivity index (χ0n) is 15.7. The molecule has 0 bridgehead atoms. The van der Waals surface area contributed by atoms with E-state index in [2.05, 4.69) is 15.3 Å². The molecule has 1 saturated heterocycles. The first-order valence-corrected chi connectivity index (χ1v) is 10.6. The minimum Gasteiger partial charge on any atom is -0.473 e. The van der Waals surface area contributed by atoms with Gasteiger partial charge in [-0.05, 0) is 31.0 Å². The number of hydrogen-bond donors (Lipinski definition) is 0. The molecule has 0 atom stereocenters. The summed E-state index contributed by atoms with van der Waals surface area (Å²) in [5.41, 5.74) is -0.258. The average Bonchev–Trinajstić information content (AvgIpc) is 3.30. The van der Waals surface area contributed by atoms with Crippen LogP contribution in [0.5, 0.6) is 5.88 Å². The van der Waals surface area contributed by atoms with Crippen LogP contribution in [0, 0.1) is 10.1 Å². The van der Waals surface area contributed by atoms with Crippen molar-refractivity contribution in [2.24, 2.45) is 0 Å². The maximum Gasteiger partial charge on any atom is 0.270 e. The highest BCUT2D eigenvalue weighted by Crippen LogP contribution is 2.25. The molecule has 12 heteroatoms. The number of aromatic nitrogens is 4. The Morgan fingerprint density at radius 1 is 1.10 bits per heavy atom. The Morgan fingerprint density at radius 3 is 2.53 bits per heavy atom. The van der Waals surface area contributed by atoms with E-state index in [4.69, 9.17) is 4.74 Å². The molecule has 3 heterocycles. The summed E-state index contributed by atoms with van der Waals surface area (Å²) in [5, 5.41) is 23.1. The van der Waals surface area contributed by atoms with Crippen molar-refractivity contribution in [3.8, 4) is 11.7 Å². The van der Waals surface area contributed by atoms with Crippen molar-refractivity contribution in [3.05, 3.63) is 65.0 Å². The molecule has 2 aromatic heterocycles. The number of ether oxygens (including phenoxy) is 1. The molecule has 0 amide bonds. The van der Waals surface area contributed by atoms with Gasteiger partial charge in [0.25, 0.3) is 5.69 Å². The first-order chi connectivity index (χ1) is 14.4. The summed E-state index contributed by atoms with van der Waals surface area (Å²) in [6.45, 7) is 0.489. The van der Waals surface area contributed by atoms with Gasteiger partial charge in [-0.25, -0.2) is 13.1 Å². The van der Waals surface area contributed by atoms with Gasteiger partial charge in [0.2, 0.25) is 15.9 Å². The monoisotopic (exact) mass is 430 g/mol. The van der Waals surface area contributed by atoms with Crippen LogP contribution in [0.2, 0.25) is 0 Å². The lowest BCUT2D eigenvalue weighted by Gasteiger charge is -2.31. The fraction of sp³-hybridized carbons (Fsp3) is 0.278. The van der Waals surface area contributed by atoms with Crippen molar-refractivity contribution < 1.29 is 18.1 Å². The molecule has 1 aromatic carbocycles. The van der Waals surface area contributed by atoms with Crippen LogP contribution in [0.25, 0.3) is 5.82 Å². The van der Waals surface area contributed by atoms with Crippen molar-refractivity contribution in [3.63, 3.8) is 0 Å². The van der Waals surface area contributed by atoms with Crippen molar-refractivity contribution in [1.29, 1.82) is 0 Å². The van der Waals surface area contributed by atoms with Gasteiger partial charge in [0, 0.05) is 43.7 Å². The normalized spacial score (nSPS) is 15.7. The second kappa shape index (κ2) is 8.16. The van der Waals surface area contributed by atoms with Crippen LogP contribution >= 0.6 is 0 Å². The van der Waals surface area contributed by atoms with E-state index < -0.39 is 14.9 Å². The number of nitro benzene ring substituents is 1. The number of non-ortho nitro benzene ring substituents is 1. The Bertz CT molecular complexity index is 1130. The van der Waals surface area contributed by atoms with Gasteiger partial charge in [0.05, 0.1) is 9.82 Å².